The van der Waals surface area contributed by atoms with Crippen LogP contribution in [0.1, 0.15) is 97.9 Å². The molecule has 0 spiro atoms. The number of nitrogens with one attached hydrogen (secondary N) is 2. The standard InChI is InChI=1S/C18H22F3N3S.C15H20N4S.C3H2F6O3S/c19-18(20,21)9-8-11-4-6-12(7-5-11)24-16-15-13-2-1-3-14(13)25-17(15)23-10-22-16;16-9-4-6-10(7-5-9)19-14-13-11-2-1-3-12(11)20-15(13)18-8-17-14;4-2(5,6)1-12-13(10,11)3(7,8)9/h10-12H,1-9H2,(H,22,23,24);8-10H,1-7,16H2,(H,17,18,19);1H2. The van der Waals surface area contributed by atoms with Crippen LogP contribution in [0.15, 0.2) is 12.7 Å². The van der Waals surface area contributed by atoms with Crippen LogP contribution in [-0.2, 0) is 40.0 Å². The van der Waals surface area contributed by atoms with Crippen molar-refractivity contribution < 1.29 is 52.1 Å². The van der Waals surface area contributed by atoms with Crippen LogP contribution in [0.25, 0.3) is 20.4 Å². The molecule has 0 atom stereocenters. The molecular weight excluding hydrogens is 846 g/mol. The number of fused-ring (bicyclic) bond motifs is 6. The molecule has 0 unspecified atom stereocenters. The first-order valence-corrected chi connectivity index (χ1v) is 22.2. The molecule has 0 saturated heterocycles. The van der Waals surface area contributed by atoms with Crippen LogP contribution in [-0.4, -0.2) is 70.9 Å². The van der Waals surface area contributed by atoms with E-state index in [2.05, 4.69) is 34.8 Å². The van der Waals surface area contributed by atoms with Crippen LogP contribution in [0.3, 0.4) is 0 Å². The fourth-order valence-electron chi connectivity index (χ4n) is 7.90. The molecule has 0 bridgehead atoms. The summed E-state index contributed by atoms with van der Waals surface area (Å²) in [7, 11) is -6.15. The van der Waals surface area contributed by atoms with E-state index in [1.807, 2.05) is 11.3 Å². The fraction of sp³-hybridized carbons (Fsp3) is 0.667. The molecule has 322 valence electrons. The first-order chi connectivity index (χ1) is 27.3. The summed E-state index contributed by atoms with van der Waals surface area (Å²) in [5.41, 5.74) is 3.06. The molecule has 0 aliphatic heterocycles. The molecule has 4 heterocycles. The van der Waals surface area contributed by atoms with E-state index in [4.69, 9.17) is 5.73 Å². The average Bonchev–Trinajstić information content (AvgIpc) is 3.94. The van der Waals surface area contributed by atoms with E-state index in [1.165, 1.54) is 57.3 Å². The van der Waals surface area contributed by atoms with E-state index in [0.29, 0.717) is 18.1 Å². The van der Waals surface area contributed by atoms with Crippen LogP contribution in [0.2, 0.25) is 0 Å². The molecule has 2 fully saturated rings. The predicted molar refractivity (Wildman–Crippen MR) is 204 cm³/mol. The molecule has 8 rings (SSSR count). The highest BCUT2D eigenvalue weighted by Crippen LogP contribution is 2.41. The zero-order valence-electron chi connectivity index (χ0n) is 31.2. The Labute approximate surface area is 337 Å². The molecular formula is C36H44F9N7O3S3. The van der Waals surface area contributed by atoms with E-state index in [1.54, 1.807) is 24.0 Å². The summed E-state index contributed by atoms with van der Waals surface area (Å²) in [6.07, 6.45) is 9.01. The van der Waals surface area contributed by atoms with Crippen molar-refractivity contribution in [3.05, 3.63) is 33.5 Å². The first kappa shape index (κ1) is 44.5. The number of halogens is 9. The van der Waals surface area contributed by atoms with Gasteiger partial charge in [0.05, 0.1) is 10.8 Å². The van der Waals surface area contributed by atoms with Gasteiger partial charge in [0, 0.05) is 34.3 Å². The second kappa shape index (κ2) is 18.3. The topological polar surface area (TPSA) is 145 Å². The molecule has 0 amide bonds. The third-order valence-corrected chi connectivity index (χ3v) is 14.2. The zero-order chi connectivity index (χ0) is 41.9. The highest BCUT2D eigenvalue weighted by Gasteiger charge is 2.49. The number of rotatable bonds is 8. The van der Waals surface area contributed by atoms with Crippen molar-refractivity contribution in [2.45, 2.75) is 139 Å². The van der Waals surface area contributed by atoms with Crippen LogP contribution < -0.4 is 16.4 Å². The Morgan fingerprint density at radius 2 is 1.14 bits per heavy atom. The highest BCUT2D eigenvalue weighted by atomic mass is 32.2. The van der Waals surface area contributed by atoms with Crippen LogP contribution in [0.4, 0.5) is 51.1 Å². The van der Waals surface area contributed by atoms with Crippen molar-refractivity contribution in [2.75, 3.05) is 17.2 Å². The Hall–Kier alpha value is -3.08. The number of alkyl halides is 9. The molecule has 0 radical (unpaired) electrons. The lowest BCUT2D eigenvalue weighted by atomic mass is 9.83. The fourth-order valence-corrected chi connectivity index (χ4v) is 10.8. The highest BCUT2D eigenvalue weighted by molar-refractivity contribution is 7.87. The Morgan fingerprint density at radius 1 is 0.672 bits per heavy atom. The maximum Gasteiger partial charge on any atom is 0.523 e. The van der Waals surface area contributed by atoms with Gasteiger partial charge in [0.1, 0.15) is 34.0 Å². The number of aryl methyl sites for hydroxylation is 4. The maximum atomic E-state index is 12.4. The van der Waals surface area contributed by atoms with Crippen molar-refractivity contribution in [1.82, 2.24) is 19.9 Å². The number of hydrogen-bond acceptors (Lipinski definition) is 12. The summed E-state index contributed by atoms with van der Waals surface area (Å²) in [6, 6.07) is 1.21. The van der Waals surface area contributed by atoms with Gasteiger partial charge >= 0.3 is 28.0 Å². The molecule has 22 heteroatoms. The third kappa shape index (κ3) is 11.6. The van der Waals surface area contributed by atoms with Gasteiger partial charge in [0.25, 0.3) is 0 Å². The van der Waals surface area contributed by atoms with Gasteiger partial charge < -0.3 is 16.4 Å². The van der Waals surface area contributed by atoms with E-state index >= 15 is 0 Å². The van der Waals surface area contributed by atoms with E-state index in [9.17, 15) is 47.9 Å². The molecule has 2 saturated carbocycles. The van der Waals surface area contributed by atoms with Crippen molar-refractivity contribution in [3.8, 4) is 0 Å². The van der Waals surface area contributed by atoms with Crippen molar-refractivity contribution >= 4 is 64.9 Å². The summed E-state index contributed by atoms with van der Waals surface area (Å²) in [5.74, 6) is 2.17. The molecule has 4 aromatic heterocycles. The van der Waals surface area contributed by atoms with Gasteiger partial charge in [-0.05, 0) is 113 Å². The number of thiophene rings is 2. The van der Waals surface area contributed by atoms with E-state index < -0.39 is 41.0 Å². The predicted octanol–water partition coefficient (Wildman–Crippen LogP) is 9.77. The summed E-state index contributed by atoms with van der Waals surface area (Å²) in [5, 5.41) is 9.70. The van der Waals surface area contributed by atoms with E-state index in [-0.39, 0.29) is 12.3 Å². The molecule has 4 N–H and O–H groups in total. The zero-order valence-corrected chi connectivity index (χ0v) is 33.7. The Balaban J connectivity index is 0.000000155. The Kier molecular flexibility index (Phi) is 14.0. The Morgan fingerprint density at radius 3 is 1.57 bits per heavy atom. The molecule has 4 aliphatic carbocycles. The van der Waals surface area contributed by atoms with Gasteiger partial charge in [0.15, 0.2) is 6.61 Å². The number of nitrogens with two attached hydrogens (primary N) is 1. The van der Waals surface area contributed by atoms with Gasteiger partial charge in [-0.1, -0.05) is 0 Å². The lowest BCUT2D eigenvalue weighted by molar-refractivity contribution is -0.156. The van der Waals surface area contributed by atoms with Crippen molar-refractivity contribution in [2.24, 2.45) is 11.7 Å². The SMILES string of the molecule is FC(F)(F)CCC1CCC(Nc2ncnc3sc4c(c23)CCC4)CC1.NC1CCC(Nc2ncnc3sc4c(c23)CCC4)CC1.O=S(=O)(OCC(F)(F)F)C(F)(F)F. The van der Waals surface area contributed by atoms with Gasteiger partial charge in [-0.3, -0.25) is 4.18 Å². The summed E-state index contributed by atoms with van der Waals surface area (Å²) >= 11 is 3.63. The van der Waals surface area contributed by atoms with Crippen LogP contribution in [0, 0.1) is 5.92 Å². The molecule has 4 aromatic rings. The van der Waals surface area contributed by atoms with Crippen LogP contribution in [0.5, 0.6) is 0 Å². The van der Waals surface area contributed by atoms with Gasteiger partial charge in [-0.2, -0.15) is 47.9 Å². The third-order valence-electron chi connectivity index (χ3n) is 10.8. The molecule has 0 aromatic carbocycles. The van der Waals surface area contributed by atoms with Crippen LogP contribution >= 0.6 is 22.7 Å². The van der Waals surface area contributed by atoms with Crippen molar-refractivity contribution in [3.63, 3.8) is 0 Å². The quantitative estimate of drug-likeness (QED) is 0.0889. The number of hydrogen-bond donors (Lipinski definition) is 3. The van der Waals surface area contributed by atoms with Gasteiger partial charge in [0.2, 0.25) is 0 Å². The second-order valence-corrected chi connectivity index (χ2v) is 18.8. The van der Waals surface area contributed by atoms with E-state index in [0.717, 1.165) is 85.5 Å². The minimum atomic E-state index is -6.15. The first-order valence-electron chi connectivity index (χ1n) is 19.1. The summed E-state index contributed by atoms with van der Waals surface area (Å²) in [4.78, 5) is 23.0. The van der Waals surface area contributed by atoms with Gasteiger partial charge in [-0.25, -0.2) is 19.9 Å². The molecule has 4 aliphatic rings. The summed E-state index contributed by atoms with van der Waals surface area (Å²) in [6.45, 7) is -2.49. The lowest BCUT2D eigenvalue weighted by Gasteiger charge is -2.29. The smallest absolute Gasteiger partial charge is 0.367 e. The maximum absolute atomic E-state index is 12.4. The van der Waals surface area contributed by atoms with Gasteiger partial charge in [-0.15, -0.1) is 22.7 Å². The monoisotopic (exact) mass is 889 g/mol. The number of aromatic nitrogens is 4. The molecule has 10 nitrogen and oxygen atoms in total. The Bertz CT molecular complexity index is 2110. The minimum Gasteiger partial charge on any atom is -0.367 e. The average molecular weight is 890 g/mol. The second-order valence-electron chi connectivity index (χ2n) is 15.1. The molecule has 58 heavy (non-hydrogen) atoms. The van der Waals surface area contributed by atoms with Crippen molar-refractivity contribution in [1.29, 1.82) is 0 Å². The normalized spacial score (nSPS) is 22.4. The summed E-state index contributed by atoms with van der Waals surface area (Å²) < 4.78 is 127. The largest absolute Gasteiger partial charge is 0.523 e. The minimum absolute atomic E-state index is 0.204. The number of nitrogens with zero attached hydrogens (tertiary/aromatic N) is 4. The number of anilines is 2. The lowest BCUT2D eigenvalue weighted by Crippen LogP contribution is -2.33.